The molecular formula is C20H26ClIN4O. The molecule has 146 valence electrons. The highest BCUT2D eigenvalue weighted by atomic mass is 127. The average molecular weight is 501 g/mol. The van der Waals surface area contributed by atoms with Crippen molar-refractivity contribution in [2.45, 2.75) is 19.9 Å². The first-order chi connectivity index (χ1) is 12.5. The van der Waals surface area contributed by atoms with Gasteiger partial charge in [0.05, 0.1) is 17.3 Å². The zero-order valence-corrected chi connectivity index (χ0v) is 18.9. The molecule has 0 saturated carbocycles. The van der Waals surface area contributed by atoms with Crippen molar-refractivity contribution >= 4 is 53.1 Å². The summed E-state index contributed by atoms with van der Waals surface area (Å²) in [6.07, 6.45) is 0.322. The third-order valence-electron chi connectivity index (χ3n) is 3.71. The molecule has 7 heteroatoms. The number of guanidine groups is 1. The summed E-state index contributed by atoms with van der Waals surface area (Å²) < 4.78 is 0. The number of amides is 1. The Hall–Kier alpha value is -1.80. The van der Waals surface area contributed by atoms with Crippen LogP contribution < -0.4 is 10.6 Å². The summed E-state index contributed by atoms with van der Waals surface area (Å²) in [5, 5.41) is 6.59. The van der Waals surface area contributed by atoms with E-state index < -0.39 is 0 Å². The van der Waals surface area contributed by atoms with Crippen LogP contribution in [0.25, 0.3) is 0 Å². The van der Waals surface area contributed by atoms with Gasteiger partial charge < -0.3 is 15.5 Å². The van der Waals surface area contributed by atoms with Crippen molar-refractivity contribution in [1.29, 1.82) is 0 Å². The number of hydrogen-bond acceptors (Lipinski definition) is 2. The lowest BCUT2D eigenvalue weighted by Gasteiger charge is -2.17. The molecular weight excluding hydrogens is 475 g/mol. The molecule has 0 bridgehead atoms. The minimum Gasteiger partial charge on any atom is -0.356 e. The molecule has 0 atom stereocenters. The number of carbonyl (C=O) groups is 1. The first-order valence-electron chi connectivity index (χ1n) is 8.51. The van der Waals surface area contributed by atoms with Crippen molar-refractivity contribution < 1.29 is 4.79 Å². The molecule has 2 aromatic carbocycles. The molecule has 0 fully saturated rings. The molecule has 0 heterocycles. The standard InChI is InChI=1S/C20H25ClN4O.HI/c1-15-9-10-18(17(21)13-15)24-19(26)11-12-22-20(25(2)3)23-14-16-7-5-4-6-8-16;/h4-10,13H,11-12,14H2,1-3H3,(H,22,23)(H,24,26);1H. The first kappa shape index (κ1) is 23.2. The van der Waals surface area contributed by atoms with Crippen molar-refractivity contribution in [3.63, 3.8) is 0 Å². The van der Waals surface area contributed by atoms with Gasteiger partial charge in [0.1, 0.15) is 0 Å². The van der Waals surface area contributed by atoms with Crippen molar-refractivity contribution in [2.75, 3.05) is 26.0 Å². The number of aryl methyl sites for hydroxylation is 1. The molecule has 2 aromatic rings. The van der Waals surface area contributed by atoms with Crippen LogP contribution in [0.1, 0.15) is 17.5 Å². The van der Waals surface area contributed by atoms with E-state index in [2.05, 4.69) is 15.6 Å². The van der Waals surface area contributed by atoms with Crippen LogP contribution in [-0.2, 0) is 11.3 Å². The number of rotatable bonds is 6. The van der Waals surface area contributed by atoms with E-state index in [1.54, 1.807) is 0 Å². The van der Waals surface area contributed by atoms with Gasteiger partial charge in [0, 0.05) is 27.1 Å². The Morgan fingerprint density at radius 2 is 1.85 bits per heavy atom. The number of nitrogens with zero attached hydrogens (tertiary/aromatic N) is 2. The SMILES string of the molecule is Cc1ccc(NC(=O)CCNC(=NCc2ccccc2)N(C)C)c(Cl)c1.I. The third-order valence-corrected chi connectivity index (χ3v) is 4.02. The van der Waals surface area contributed by atoms with Gasteiger partial charge in [0.25, 0.3) is 0 Å². The highest BCUT2D eigenvalue weighted by molar-refractivity contribution is 14.0. The van der Waals surface area contributed by atoms with Gasteiger partial charge >= 0.3 is 0 Å². The van der Waals surface area contributed by atoms with Gasteiger partial charge in [0.15, 0.2) is 5.96 Å². The Labute approximate surface area is 183 Å². The fourth-order valence-corrected chi connectivity index (χ4v) is 2.61. The highest BCUT2D eigenvalue weighted by Gasteiger charge is 2.07. The number of aliphatic imine (C=N–C) groups is 1. The number of halogens is 2. The summed E-state index contributed by atoms with van der Waals surface area (Å²) in [5.41, 5.74) is 2.83. The largest absolute Gasteiger partial charge is 0.356 e. The van der Waals surface area contributed by atoms with Gasteiger partial charge in [-0.15, -0.1) is 24.0 Å². The number of nitrogens with one attached hydrogen (secondary N) is 2. The zero-order chi connectivity index (χ0) is 18.9. The molecule has 2 rings (SSSR count). The van der Waals surface area contributed by atoms with Crippen molar-refractivity contribution in [3.8, 4) is 0 Å². The molecule has 0 aliphatic heterocycles. The second kappa shape index (κ2) is 11.8. The quantitative estimate of drug-likeness (QED) is 0.353. The second-order valence-corrected chi connectivity index (χ2v) is 6.64. The molecule has 5 nitrogen and oxygen atoms in total. The molecule has 0 radical (unpaired) electrons. The minimum absolute atomic E-state index is 0. The number of anilines is 1. The van der Waals surface area contributed by atoms with Crippen LogP contribution in [0.2, 0.25) is 5.02 Å². The maximum Gasteiger partial charge on any atom is 0.226 e. The maximum absolute atomic E-state index is 12.1. The monoisotopic (exact) mass is 500 g/mol. The van der Waals surface area contributed by atoms with Gasteiger partial charge in [-0.2, -0.15) is 0 Å². The average Bonchev–Trinajstić information content (AvgIpc) is 2.61. The summed E-state index contributed by atoms with van der Waals surface area (Å²) in [5.74, 6) is 0.652. The summed E-state index contributed by atoms with van der Waals surface area (Å²) in [7, 11) is 3.84. The van der Waals surface area contributed by atoms with Crippen LogP contribution in [0.15, 0.2) is 53.5 Å². The van der Waals surface area contributed by atoms with Crippen molar-refractivity contribution in [3.05, 3.63) is 64.7 Å². The van der Waals surface area contributed by atoms with Crippen LogP contribution in [0.4, 0.5) is 5.69 Å². The van der Waals surface area contributed by atoms with E-state index in [1.165, 1.54) is 0 Å². The third kappa shape index (κ3) is 8.17. The second-order valence-electron chi connectivity index (χ2n) is 6.23. The van der Waals surface area contributed by atoms with E-state index in [0.29, 0.717) is 30.2 Å². The van der Waals surface area contributed by atoms with Crippen molar-refractivity contribution in [1.82, 2.24) is 10.2 Å². The Bertz CT molecular complexity index is 766. The molecule has 0 unspecified atom stereocenters. The summed E-state index contributed by atoms with van der Waals surface area (Å²) in [6, 6.07) is 15.6. The zero-order valence-electron chi connectivity index (χ0n) is 15.8. The van der Waals surface area contributed by atoms with Crippen molar-refractivity contribution in [2.24, 2.45) is 4.99 Å². The van der Waals surface area contributed by atoms with Crippen LogP contribution in [0.3, 0.4) is 0 Å². The Kier molecular flexibility index (Phi) is 10.2. The number of hydrogen-bond donors (Lipinski definition) is 2. The van der Waals surface area contributed by atoms with E-state index in [4.69, 9.17) is 11.6 Å². The molecule has 0 aliphatic rings. The molecule has 1 amide bonds. The summed E-state index contributed by atoms with van der Waals surface area (Å²) in [6.45, 7) is 3.03. The Morgan fingerprint density at radius 1 is 1.15 bits per heavy atom. The molecule has 0 saturated heterocycles. The van der Waals surface area contributed by atoms with Crippen LogP contribution in [0.5, 0.6) is 0 Å². The lowest BCUT2D eigenvalue weighted by atomic mass is 10.2. The van der Waals surface area contributed by atoms with E-state index in [9.17, 15) is 4.79 Å². The lowest BCUT2D eigenvalue weighted by Crippen LogP contribution is -2.38. The van der Waals surface area contributed by atoms with Crippen LogP contribution in [-0.4, -0.2) is 37.4 Å². The molecule has 27 heavy (non-hydrogen) atoms. The van der Waals surface area contributed by atoms with Crippen LogP contribution in [0, 0.1) is 6.92 Å². The Morgan fingerprint density at radius 3 is 2.48 bits per heavy atom. The smallest absolute Gasteiger partial charge is 0.226 e. The summed E-state index contributed by atoms with van der Waals surface area (Å²) >= 11 is 6.14. The number of carbonyl (C=O) groups excluding carboxylic acids is 1. The fourth-order valence-electron chi connectivity index (χ4n) is 2.33. The first-order valence-corrected chi connectivity index (χ1v) is 8.89. The molecule has 0 aliphatic carbocycles. The predicted octanol–water partition coefficient (Wildman–Crippen LogP) is 4.30. The predicted molar refractivity (Wildman–Crippen MR) is 124 cm³/mol. The molecule has 0 spiro atoms. The molecule has 2 N–H and O–H groups in total. The van der Waals surface area contributed by atoms with Gasteiger partial charge in [-0.05, 0) is 30.2 Å². The van der Waals surface area contributed by atoms with E-state index in [1.807, 2.05) is 74.4 Å². The van der Waals surface area contributed by atoms with E-state index >= 15 is 0 Å². The Balaban J connectivity index is 0.00000364. The normalized spacial score (nSPS) is 10.7. The highest BCUT2D eigenvalue weighted by Crippen LogP contribution is 2.22. The topological polar surface area (TPSA) is 56.7 Å². The van der Waals surface area contributed by atoms with E-state index in [-0.39, 0.29) is 29.9 Å². The lowest BCUT2D eigenvalue weighted by molar-refractivity contribution is -0.116. The van der Waals surface area contributed by atoms with E-state index in [0.717, 1.165) is 17.1 Å². The minimum atomic E-state index is -0.0931. The van der Waals surface area contributed by atoms with Gasteiger partial charge in [-0.25, -0.2) is 4.99 Å². The number of benzene rings is 2. The van der Waals surface area contributed by atoms with Crippen LogP contribution >= 0.6 is 35.6 Å². The summed E-state index contributed by atoms with van der Waals surface area (Å²) in [4.78, 5) is 18.6. The van der Waals surface area contributed by atoms with Gasteiger partial charge in [-0.1, -0.05) is 48.0 Å². The van der Waals surface area contributed by atoms with Gasteiger partial charge in [0.2, 0.25) is 5.91 Å². The maximum atomic E-state index is 12.1. The molecule has 0 aromatic heterocycles. The fraction of sp³-hybridized carbons (Fsp3) is 0.300. The van der Waals surface area contributed by atoms with Gasteiger partial charge in [-0.3, -0.25) is 4.79 Å².